The number of alkyl halides is 2. The average molecular weight is 455 g/mol. The van der Waals surface area contributed by atoms with E-state index in [4.69, 9.17) is 4.74 Å². The molecule has 2 fully saturated rings. The van der Waals surface area contributed by atoms with Crippen molar-refractivity contribution in [1.29, 1.82) is 0 Å². The quantitative estimate of drug-likeness (QED) is 0.678. The van der Waals surface area contributed by atoms with Crippen LogP contribution in [0.25, 0.3) is 0 Å². The molecule has 3 atom stereocenters. The Morgan fingerprint density at radius 3 is 2.82 bits per heavy atom. The first-order chi connectivity index (χ1) is 15.9. The molecule has 3 aliphatic heterocycles. The van der Waals surface area contributed by atoms with Gasteiger partial charge < -0.3 is 10.1 Å². The fourth-order valence-electron chi connectivity index (χ4n) is 3.94. The fraction of sp³-hybridized carbons (Fsp3) is 0.435. The predicted octanol–water partition coefficient (Wildman–Crippen LogP) is 1.98. The zero-order valence-corrected chi connectivity index (χ0v) is 17.9. The number of aliphatic imine (C=N–C) groups is 2. The van der Waals surface area contributed by atoms with Crippen molar-refractivity contribution in [3.63, 3.8) is 0 Å². The number of halogens is 2. The number of hydrogen-bond donors (Lipinski definition) is 1. The van der Waals surface area contributed by atoms with Crippen molar-refractivity contribution in [2.45, 2.75) is 50.4 Å². The van der Waals surface area contributed by atoms with E-state index >= 15 is 0 Å². The first kappa shape index (κ1) is 21.6. The highest BCUT2D eigenvalue weighted by molar-refractivity contribution is 6.17. The summed E-state index contributed by atoms with van der Waals surface area (Å²) in [6, 6.07) is 3.18. The third kappa shape index (κ3) is 4.61. The van der Waals surface area contributed by atoms with Gasteiger partial charge >= 0.3 is 0 Å². The molecule has 33 heavy (non-hydrogen) atoms. The van der Waals surface area contributed by atoms with Crippen LogP contribution in [0.5, 0.6) is 5.75 Å². The van der Waals surface area contributed by atoms with Crippen molar-refractivity contribution < 1.29 is 23.1 Å². The van der Waals surface area contributed by atoms with Crippen LogP contribution in [-0.4, -0.2) is 77.4 Å². The standard InChI is InChI=1S/C23H23F2N5O3/c1-12-20(33-15-4-5-17(27-9-15)23(32)28-14-2-3-14)11-30(12)10-13-6-19-18(26-8-13)7-16(21(24)25)22(31)29-19/h4-9,12,14,18,20-21H,2-3,10-11H2,1H3,(H,28,32)/t12-,18?,20+/m1/s1. The molecule has 1 unspecified atom stereocenters. The maximum Gasteiger partial charge on any atom is 0.278 e. The number of likely N-dealkylation sites (tertiary alicyclic amines) is 1. The van der Waals surface area contributed by atoms with Gasteiger partial charge in [-0.3, -0.25) is 19.5 Å². The molecule has 0 bridgehead atoms. The van der Waals surface area contributed by atoms with Crippen molar-refractivity contribution in [1.82, 2.24) is 15.2 Å². The molecule has 8 nitrogen and oxygen atoms in total. The molecular weight excluding hydrogens is 432 g/mol. The molecule has 4 aliphatic rings. The number of nitrogens with zero attached hydrogens (tertiary/aromatic N) is 4. The van der Waals surface area contributed by atoms with Gasteiger partial charge in [0.05, 0.1) is 17.5 Å². The van der Waals surface area contributed by atoms with E-state index in [9.17, 15) is 18.4 Å². The molecule has 5 rings (SSSR count). The number of nitrogens with one attached hydrogen (secondary N) is 1. The number of dihydropyridines is 2. The SMILES string of the molecule is C[C@@H]1[C@@H](Oc2ccc(C(=O)NC3CC3)nc2)CN1CC1=CC2=NC(=O)C(C(F)F)=CC2N=C1. The zero-order chi connectivity index (χ0) is 23.1. The molecule has 0 spiro atoms. The number of rotatable bonds is 7. The van der Waals surface area contributed by atoms with Crippen molar-refractivity contribution in [3.8, 4) is 5.75 Å². The van der Waals surface area contributed by atoms with Gasteiger partial charge in [-0.25, -0.2) is 18.8 Å². The Hall–Kier alpha value is -3.27. The average Bonchev–Trinajstić information content (AvgIpc) is 3.61. The molecule has 1 aromatic heterocycles. The van der Waals surface area contributed by atoms with Crippen molar-refractivity contribution in [2.24, 2.45) is 9.98 Å². The van der Waals surface area contributed by atoms with Crippen molar-refractivity contribution in [3.05, 3.63) is 47.3 Å². The van der Waals surface area contributed by atoms with Gasteiger partial charge in [0.2, 0.25) is 0 Å². The molecule has 0 radical (unpaired) electrons. The Morgan fingerprint density at radius 2 is 2.15 bits per heavy atom. The van der Waals surface area contributed by atoms with Gasteiger partial charge in [0, 0.05) is 31.4 Å². The second-order valence-corrected chi connectivity index (χ2v) is 8.66. The Kier molecular flexibility index (Phi) is 5.61. The molecule has 2 amide bonds. The lowest BCUT2D eigenvalue weighted by Crippen LogP contribution is -2.61. The smallest absolute Gasteiger partial charge is 0.278 e. The van der Waals surface area contributed by atoms with Crippen LogP contribution < -0.4 is 10.1 Å². The van der Waals surface area contributed by atoms with E-state index in [2.05, 4.69) is 25.2 Å². The number of ether oxygens (including phenoxy) is 1. The first-order valence-corrected chi connectivity index (χ1v) is 10.9. The lowest BCUT2D eigenvalue weighted by atomic mass is 9.96. The van der Waals surface area contributed by atoms with Crippen LogP contribution in [0.15, 0.2) is 51.6 Å². The molecule has 1 N–H and O–H groups in total. The Labute approximate surface area is 189 Å². The summed E-state index contributed by atoms with van der Waals surface area (Å²) >= 11 is 0. The fourth-order valence-corrected chi connectivity index (χ4v) is 3.94. The number of pyridine rings is 1. The molecule has 172 valence electrons. The summed E-state index contributed by atoms with van der Waals surface area (Å²) in [5, 5.41) is 2.90. The van der Waals surface area contributed by atoms with Crippen LogP contribution in [0.2, 0.25) is 0 Å². The number of carbonyl (C=O) groups excluding carboxylic acids is 2. The third-order valence-electron chi connectivity index (χ3n) is 6.17. The second-order valence-electron chi connectivity index (χ2n) is 8.66. The maximum absolute atomic E-state index is 12.9. The minimum atomic E-state index is -2.85. The maximum atomic E-state index is 12.9. The number of fused-ring (bicyclic) bond motifs is 1. The van der Waals surface area contributed by atoms with Crippen LogP contribution >= 0.6 is 0 Å². The lowest BCUT2D eigenvalue weighted by molar-refractivity contribution is -0.115. The van der Waals surface area contributed by atoms with Gasteiger partial charge in [0.1, 0.15) is 23.6 Å². The van der Waals surface area contributed by atoms with E-state index in [-0.39, 0.29) is 24.1 Å². The van der Waals surface area contributed by atoms with Crippen molar-refractivity contribution in [2.75, 3.05) is 13.1 Å². The van der Waals surface area contributed by atoms with E-state index in [1.165, 1.54) is 6.08 Å². The Morgan fingerprint density at radius 1 is 1.33 bits per heavy atom. The Balaban J connectivity index is 1.14. The van der Waals surface area contributed by atoms with E-state index in [0.717, 1.165) is 18.4 Å². The van der Waals surface area contributed by atoms with Gasteiger partial charge in [-0.05, 0) is 49.6 Å². The molecule has 4 heterocycles. The van der Waals surface area contributed by atoms with E-state index in [1.807, 2.05) is 6.92 Å². The number of hydrogen-bond acceptors (Lipinski definition) is 6. The first-order valence-electron chi connectivity index (χ1n) is 10.9. The van der Waals surface area contributed by atoms with E-state index in [1.54, 1.807) is 30.6 Å². The van der Waals surface area contributed by atoms with Gasteiger partial charge in [0.15, 0.2) is 0 Å². The predicted molar refractivity (Wildman–Crippen MR) is 117 cm³/mol. The van der Waals surface area contributed by atoms with E-state index in [0.29, 0.717) is 30.2 Å². The number of amides is 2. The normalized spacial score (nSPS) is 26.7. The van der Waals surface area contributed by atoms with Gasteiger partial charge in [-0.1, -0.05) is 0 Å². The van der Waals surface area contributed by atoms with Gasteiger partial charge in [-0.15, -0.1) is 0 Å². The van der Waals surface area contributed by atoms with Gasteiger partial charge in [-0.2, -0.15) is 0 Å². The minimum Gasteiger partial charge on any atom is -0.486 e. The van der Waals surface area contributed by atoms with Crippen LogP contribution in [0, 0.1) is 0 Å². The highest BCUT2D eigenvalue weighted by atomic mass is 19.3. The summed E-state index contributed by atoms with van der Waals surface area (Å²) in [5.41, 5.74) is 1.02. The largest absolute Gasteiger partial charge is 0.486 e. The zero-order valence-electron chi connectivity index (χ0n) is 17.9. The minimum absolute atomic E-state index is 0.0306. The number of carbonyl (C=O) groups is 2. The summed E-state index contributed by atoms with van der Waals surface area (Å²) < 4.78 is 31.8. The topological polar surface area (TPSA) is 96.2 Å². The van der Waals surface area contributed by atoms with E-state index < -0.39 is 23.9 Å². The molecule has 0 aromatic carbocycles. The molecule has 1 saturated heterocycles. The molecule has 1 saturated carbocycles. The number of aromatic nitrogens is 1. The monoisotopic (exact) mass is 455 g/mol. The third-order valence-corrected chi connectivity index (χ3v) is 6.17. The summed E-state index contributed by atoms with van der Waals surface area (Å²) in [6.07, 6.45) is 5.30. The highest BCUT2D eigenvalue weighted by Gasteiger charge is 2.38. The van der Waals surface area contributed by atoms with Crippen LogP contribution in [0.1, 0.15) is 30.3 Å². The van der Waals surface area contributed by atoms with Crippen LogP contribution in [-0.2, 0) is 4.79 Å². The Bertz CT molecular complexity index is 1090. The molecule has 1 aromatic rings. The molecular formula is C23H23F2N5O3. The summed E-state index contributed by atoms with van der Waals surface area (Å²) in [6.45, 7) is 3.30. The van der Waals surface area contributed by atoms with Crippen LogP contribution in [0.4, 0.5) is 8.78 Å². The lowest BCUT2D eigenvalue weighted by Gasteiger charge is -2.46. The summed E-state index contributed by atoms with van der Waals surface area (Å²) in [5.74, 6) is -0.464. The summed E-state index contributed by atoms with van der Waals surface area (Å²) in [7, 11) is 0. The van der Waals surface area contributed by atoms with Crippen LogP contribution in [0.3, 0.4) is 0 Å². The summed E-state index contributed by atoms with van der Waals surface area (Å²) in [4.78, 5) is 38.3. The van der Waals surface area contributed by atoms with Crippen molar-refractivity contribution >= 4 is 23.7 Å². The van der Waals surface area contributed by atoms with Gasteiger partial charge in [0.25, 0.3) is 18.2 Å². The molecule has 1 aliphatic carbocycles. The highest BCUT2D eigenvalue weighted by Crippen LogP contribution is 2.26. The molecule has 10 heteroatoms. The second kappa shape index (κ2) is 8.58.